The number of carbonyl (C=O) groups excluding carboxylic acids is 3. The van der Waals surface area contributed by atoms with Gasteiger partial charge in [0.05, 0.1) is 24.7 Å². The van der Waals surface area contributed by atoms with Crippen molar-refractivity contribution in [1.29, 1.82) is 0 Å². The lowest BCUT2D eigenvalue weighted by atomic mass is 9.61. The van der Waals surface area contributed by atoms with Crippen molar-refractivity contribution < 1.29 is 33.4 Å². The number of hydrogen-bond donors (Lipinski definition) is 1. The van der Waals surface area contributed by atoms with Crippen LogP contribution < -0.4 is 0 Å². The highest BCUT2D eigenvalue weighted by molar-refractivity contribution is 6.02. The van der Waals surface area contributed by atoms with E-state index >= 15 is 0 Å². The van der Waals surface area contributed by atoms with E-state index in [-0.39, 0.29) is 18.8 Å². The second kappa shape index (κ2) is 7.95. The van der Waals surface area contributed by atoms with Crippen molar-refractivity contribution in [2.45, 2.75) is 38.7 Å². The van der Waals surface area contributed by atoms with Gasteiger partial charge in [-0.2, -0.15) is 0 Å². The zero-order valence-electron chi connectivity index (χ0n) is 15.0. The van der Waals surface area contributed by atoms with Crippen LogP contribution in [0.3, 0.4) is 0 Å². The fourth-order valence-electron chi connectivity index (χ4n) is 3.59. The quantitative estimate of drug-likeness (QED) is 0.633. The molecular formula is C19H23FO6. The molecule has 142 valence electrons. The highest BCUT2D eigenvalue weighted by atomic mass is 19.1. The number of ketones is 1. The first-order valence-corrected chi connectivity index (χ1v) is 8.56. The van der Waals surface area contributed by atoms with Gasteiger partial charge in [0.15, 0.2) is 5.78 Å². The Balaban J connectivity index is 2.61. The molecule has 0 heterocycles. The first-order valence-electron chi connectivity index (χ1n) is 8.56. The lowest BCUT2D eigenvalue weighted by Crippen LogP contribution is -2.55. The van der Waals surface area contributed by atoms with E-state index in [1.165, 1.54) is 25.1 Å². The predicted molar refractivity (Wildman–Crippen MR) is 89.6 cm³/mol. The van der Waals surface area contributed by atoms with Gasteiger partial charge < -0.3 is 14.6 Å². The molecule has 0 bridgehead atoms. The minimum absolute atomic E-state index is 0.0545. The number of carbonyl (C=O) groups is 3. The van der Waals surface area contributed by atoms with Crippen molar-refractivity contribution in [2.75, 3.05) is 13.2 Å². The van der Waals surface area contributed by atoms with E-state index in [1.54, 1.807) is 13.8 Å². The molecule has 1 N–H and O–H groups in total. The number of benzene rings is 1. The third kappa shape index (κ3) is 3.93. The fraction of sp³-hybridized carbons (Fsp3) is 0.526. The highest BCUT2D eigenvalue weighted by Crippen LogP contribution is 2.46. The van der Waals surface area contributed by atoms with Gasteiger partial charge >= 0.3 is 11.9 Å². The SMILES string of the molecule is CCOC(=O)[C@@H]1C(=O)C[C@](C)(O)[C@H](C(=O)OCC)[C@H]1c1cccc(F)c1. The topological polar surface area (TPSA) is 89.9 Å². The van der Waals surface area contributed by atoms with Crippen molar-refractivity contribution in [3.63, 3.8) is 0 Å². The first-order chi connectivity index (χ1) is 12.2. The van der Waals surface area contributed by atoms with E-state index in [2.05, 4.69) is 0 Å². The predicted octanol–water partition coefficient (Wildman–Crippen LogP) is 1.99. The molecule has 0 radical (unpaired) electrons. The zero-order valence-corrected chi connectivity index (χ0v) is 15.0. The van der Waals surface area contributed by atoms with Crippen LogP contribution >= 0.6 is 0 Å². The number of esters is 2. The number of aliphatic hydroxyl groups is 1. The normalized spacial score (nSPS) is 28.5. The van der Waals surface area contributed by atoms with Gasteiger partial charge in [0, 0.05) is 12.3 Å². The first kappa shape index (κ1) is 20.0. The van der Waals surface area contributed by atoms with Gasteiger partial charge in [-0.15, -0.1) is 0 Å². The molecule has 1 saturated carbocycles. The number of ether oxygens (including phenoxy) is 2. The Kier molecular flexibility index (Phi) is 6.13. The summed E-state index contributed by atoms with van der Waals surface area (Å²) in [5.41, 5.74) is -1.47. The summed E-state index contributed by atoms with van der Waals surface area (Å²) >= 11 is 0. The minimum Gasteiger partial charge on any atom is -0.466 e. The highest BCUT2D eigenvalue weighted by Gasteiger charge is 2.57. The molecular weight excluding hydrogens is 343 g/mol. The molecule has 0 unspecified atom stereocenters. The second-order valence-corrected chi connectivity index (χ2v) is 6.54. The molecule has 6 nitrogen and oxygen atoms in total. The number of Topliss-reactive ketones (excluding diaryl/α,β-unsaturated/α-hetero) is 1. The Morgan fingerprint density at radius 3 is 2.42 bits per heavy atom. The minimum atomic E-state index is -1.73. The number of rotatable bonds is 5. The summed E-state index contributed by atoms with van der Waals surface area (Å²) in [5, 5.41) is 10.8. The maximum atomic E-state index is 13.8. The molecule has 0 saturated heterocycles. The molecule has 4 atom stereocenters. The van der Waals surface area contributed by atoms with Crippen molar-refractivity contribution in [3.8, 4) is 0 Å². The molecule has 2 rings (SSSR count). The maximum Gasteiger partial charge on any atom is 0.317 e. The molecule has 0 aliphatic heterocycles. The molecule has 1 aromatic carbocycles. The molecule has 1 aliphatic rings. The average Bonchev–Trinajstić information content (AvgIpc) is 2.53. The van der Waals surface area contributed by atoms with Crippen molar-refractivity contribution in [1.82, 2.24) is 0 Å². The lowest BCUT2D eigenvalue weighted by Gasteiger charge is -2.43. The monoisotopic (exact) mass is 366 g/mol. The van der Waals surface area contributed by atoms with E-state index < -0.39 is 53.3 Å². The zero-order chi connectivity index (χ0) is 19.5. The van der Waals surface area contributed by atoms with Crippen molar-refractivity contribution in [3.05, 3.63) is 35.6 Å². The summed E-state index contributed by atoms with van der Waals surface area (Å²) in [6, 6.07) is 5.30. The van der Waals surface area contributed by atoms with Crippen LogP contribution in [0, 0.1) is 17.7 Å². The van der Waals surface area contributed by atoms with Gasteiger partial charge in [0.25, 0.3) is 0 Å². The summed E-state index contributed by atoms with van der Waals surface area (Å²) in [7, 11) is 0. The second-order valence-electron chi connectivity index (χ2n) is 6.54. The smallest absolute Gasteiger partial charge is 0.317 e. The van der Waals surface area contributed by atoms with E-state index in [4.69, 9.17) is 9.47 Å². The average molecular weight is 366 g/mol. The summed E-state index contributed by atoms with van der Waals surface area (Å²) < 4.78 is 23.9. The molecule has 1 aromatic rings. The van der Waals surface area contributed by atoms with Crippen LogP contribution in [0.15, 0.2) is 24.3 Å². The third-order valence-corrected chi connectivity index (χ3v) is 4.58. The standard InChI is InChI=1S/C19H23FO6/c1-4-25-17(22)15-13(21)10-19(3,24)16(18(23)26-5-2)14(15)11-7-6-8-12(20)9-11/h6-9,14-16,24H,4-5,10H2,1-3H3/t14-,15+,16-,19-/m0/s1. The fourth-order valence-corrected chi connectivity index (χ4v) is 3.59. The largest absolute Gasteiger partial charge is 0.466 e. The van der Waals surface area contributed by atoms with Gasteiger partial charge in [-0.1, -0.05) is 12.1 Å². The maximum absolute atomic E-state index is 13.8. The molecule has 0 spiro atoms. The van der Waals surface area contributed by atoms with E-state index in [9.17, 15) is 23.9 Å². The van der Waals surface area contributed by atoms with E-state index in [0.717, 1.165) is 6.07 Å². The van der Waals surface area contributed by atoms with Crippen molar-refractivity contribution >= 4 is 17.7 Å². The molecule has 1 aliphatic carbocycles. The Morgan fingerprint density at radius 1 is 1.23 bits per heavy atom. The summed E-state index contributed by atoms with van der Waals surface area (Å²) in [5.74, 6) is -6.28. The molecule has 0 aromatic heterocycles. The van der Waals surface area contributed by atoms with E-state index in [1.807, 2.05) is 0 Å². The molecule has 0 amide bonds. The lowest BCUT2D eigenvalue weighted by molar-refractivity contribution is -0.172. The van der Waals surface area contributed by atoms with E-state index in [0.29, 0.717) is 0 Å². The Bertz CT molecular complexity index is 699. The third-order valence-electron chi connectivity index (χ3n) is 4.58. The summed E-state index contributed by atoms with van der Waals surface area (Å²) in [6.45, 7) is 4.68. The van der Waals surface area contributed by atoms with Crippen LogP contribution in [0.5, 0.6) is 0 Å². The van der Waals surface area contributed by atoms with Crippen LogP contribution in [-0.2, 0) is 23.9 Å². The summed E-state index contributed by atoms with van der Waals surface area (Å²) in [6.07, 6.45) is -0.397. The van der Waals surface area contributed by atoms with Crippen LogP contribution in [0.2, 0.25) is 0 Å². The van der Waals surface area contributed by atoms with Crippen LogP contribution in [-0.4, -0.2) is 41.6 Å². The molecule has 26 heavy (non-hydrogen) atoms. The van der Waals surface area contributed by atoms with Gasteiger partial charge in [0.1, 0.15) is 11.7 Å². The Labute approximate surface area is 151 Å². The molecule has 7 heteroatoms. The van der Waals surface area contributed by atoms with Crippen LogP contribution in [0.4, 0.5) is 4.39 Å². The molecule has 1 fully saturated rings. The van der Waals surface area contributed by atoms with Gasteiger partial charge in [0.2, 0.25) is 0 Å². The van der Waals surface area contributed by atoms with Crippen molar-refractivity contribution in [2.24, 2.45) is 11.8 Å². The Hall–Kier alpha value is -2.28. The Morgan fingerprint density at radius 2 is 1.85 bits per heavy atom. The van der Waals surface area contributed by atoms with Gasteiger partial charge in [-0.25, -0.2) is 4.39 Å². The van der Waals surface area contributed by atoms with Gasteiger partial charge in [-0.3, -0.25) is 14.4 Å². The number of halogens is 1. The van der Waals surface area contributed by atoms with Crippen LogP contribution in [0.1, 0.15) is 38.7 Å². The number of hydrogen-bond acceptors (Lipinski definition) is 6. The van der Waals surface area contributed by atoms with Gasteiger partial charge in [-0.05, 0) is 38.5 Å². The summed E-state index contributed by atoms with van der Waals surface area (Å²) in [4.78, 5) is 37.6. The van der Waals surface area contributed by atoms with Crippen LogP contribution in [0.25, 0.3) is 0 Å².